The summed E-state index contributed by atoms with van der Waals surface area (Å²) in [6, 6.07) is 0. The van der Waals surface area contributed by atoms with Gasteiger partial charge in [0.1, 0.15) is 0 Å². The van der Waals surface area contributed by atoms with Gasteiger partial charge in [0.2, 0.25) is 0 Å². The van der Waals surface area contributed by atoms with E-state index in [2.05, 4.69) is 6.92 Å². The van der Waals surface area contributed by atoms with Gasteiger partial charge < -0.3 is 0 Å². The molecule has 0 aliphatic heterocycles. The molecule has 0 heteroatoms. The summed E-state index contributed by atoms with van der Waals surface area (Å²) in [5.41, 5.74) is 0. The third kappa shape index (κ3) is 0.889. The number of fused-ring (bicyclic) bond motifs is 2. The summed E-state index contributed by atoms with van der Waals surface area (Å²) in [6.45, 7) is 2.44. The second kappa shape index (κ2) is 2.00. The Labute approximate surface area is 57.6 Å². The van der Waals surface area contributed by atoms with E-state index in [1.165, 1.54) is 12.8 Å². The highest BCUT2D eigenvalue weighted by Gasteiger charge is 2.33. The van der Waals surface area contributed by atoms with E-state index in [-0.39, 0.29) is 0 Å². The fraction of sp³-hybridized carbons (Fsp3) is 1.00. The van der Waals surface area contributed by atoms with Crippen LogP contribution < -0.4 is 0 Å². The maximum absolute atomic E-state index is 2.44. The van der Waals surface area contributed by atoms with E-state index in [9.17, 15) is 0 Å². The molecule has 0 amide bonds. The fourth-order valence-corrected chi connectivity index (χ4v) is 2.78. The number of rotatable bonds is 0. The molecular weight excluding hydrogens is 108 g/mol. The molecule has 2 bridgehead atoms. The highest BCUT2D eigenvalue weighted by atomic mass is 14.4. The SMILES string of the molecule is C[C@@H]1C[C@@H]2CCC[C@H]1C2. The minimum atomic E-state index is 1.07. The molecule has 9 heavy (non-hydrogen) atoms. The van der Waals surface area contributed by atoms with Crippen molar-refractivity contribution < 1.29 is 0 Å². The molecule has 2 aliphatic carbocycles. The molecule has 0 spiro atoms. The molecule has 0 radical (unpaired) electrons. The molecule has 0 nitrogen and oxygen atoms in total. The molecule has 0 saturated heterocycles. The van der Waals surface area contributed by atoms with Crippen LogP contribution in [0.5, 0.6) is 0 Å². The van der Waals surface area contributed by atoms with Crippen LogP contribution in [0.1, 0.15) is 39.0 Å². The average Bonchev–Trinajstić information content (AvgIpc) is 2.09. The molecule has 0 aromatic heterocycles. The summed E-state index contributed by atoms with van der Waals surface area (Å²) in [7, 11) is 0. The lowest BCUT2D eigenvalue weighted by molar-refractivity contribution is 0.335. The third-order valence-corrected chi connectivity index (χ3v) is 3.33. The Morgan fingerprint density at radius 2 is 2.00 bits per heavy atom. The predicted octanol–water partition coefficient (Wildman–Crippen LogP) is 2.83. The maximum Gasteiger partial charge on any atom is -0.0386 e. The van der Waals surface area contributed by atoms with Gasteiger partial charge in [0.15, 0.2) is 0 Å². The zero-order valence-electron chi connectivity index (χ0n) is 6.27. The molecule has 52 valence electrons. The van der Waals surface area contributed by atoms with Crippen LogP contribution in [-0.4, -0.2) is 0 Å². The predicted molar refractivity (Wildman–Crippen MR) is 39.2 cm³/mol. The molecule has 0 N–H and O–H groups in total. The van der Waals surface area contributed by atoms with Crippen molar-refractivity contribution in [2.24, 2.45) is 17.8 Å². The fourth-order valence-electron chi connectivity index (χ4n) is 2.78. The third-order valence-electron chi connectivity index (χ3n) is 3.33. The first kappa shape index (κ1) is 5.76. The Balaban J connectivity index is 2.07. The summed E-state index contributed by atoms with van der Waals surface area (Å²) in [4.78, 5) is 0. The van der Waals surface area contributed by atoms with Crippen molar-refractivity contribution in [1.82, 2.24) is 0 Å². The maximum atomic E-state index is 2.44. The first-order chi connectivity index (χ1) is 4.36. The van der Waals surface area contributed by atoms with Gasteiger partial charge in [-0.1, -0.05) is 26.2 Å². The molecule has 2 rings (SSSR count). The largest absolute Gasteiger partial charge is 0.0622 e. The monoisotopic (exact) mass is 124 g/mol. The highest BCUT2D eigenvalue weighted by Crippen LogP contribution is 2.45. The molecule has 3 atom stereocenters. The van der Waals surface area contributed by atoms with Gasteiger partial charge in [-0.05, 0) is 30.6 Å². The van der Waals surface area contributed by atoms with Gasteiger partial charge in [0.05, 0.1) is 0 Å². The van der Waals surface area contributed by atoms with Crippen molar-refractivity contribution in [2.45, 2.75) is 39.0 Å². The Morgan fingerprint density at radius 1 is 1.11 bits per heavy atom. The van der Waals surface area contributed by atoms with Gasteiger partial charge in [-0.25, -0.2) is 0 Å². The molecule has 0 unspecified atom stereocenters. The van der Waals surface area contributed by atoms with E-state index < -0.39 is 0 Å². The normalized spacial score (nSPS) is 49.7. The molecule has 0 aromatic carbocycles. The van der Waals surface area contributed by atoms with E-state index in [0.717, 1.165) is 17.8 Å². The van der Waals surface area contributed by atoms with Crippen molar-refractivity contribution in [3.8, 4) is 0 Å². The second-order valence-corrected chi connectivity index (χ2v) is 4.01. The van der Waals surface area contributed by atoms with Crippen LogP contribution in [0.15, 0.2) is 0 Å². The van der Waals surface area contributed by atoms with Crippen molar-refractivity contribution in [3.05, 3.63) is 0 Å². The first-order valence-electron chi connectivity index (χ1n) is 4.36. The van der Waals surface area contributed by atoms with Gasteiger partial charge in [-0.15, -0.1) is 0 Å². The summed E-state index contributed by atoms with van der Waals surface area (Å²) in [5.74, 6) is 3.33. The topological polar surface area (TPSA) is 0 Å². The molecule has 2 saturated carbocycles. The lowest BCUT2D eigenvalue weighted by Gasteiger charge is -2.18. The zero-order chi connectivity index (χ0) is 6.27. The van der Waals surface area contributed by atoms with Gasteiger partial charge in [-0.2, -0.15) is 0 Å². The first-order valence-corrected chi connectivity index (χ1v) is 4.36. The van der Waals surface area contributed by atoms with Crippen LogP contribution in [0.4, 0.5) is 0 Å². The van der Waals surface area contributed by atoms with Crippen LogP contribution in [0.3, 0.4) is 0 Å². The lowest BCUT2D eigenvalue weighted by Crippen LogP contribution is -2.06. The zero-order valence-corrected chi connectivity index (χ0v) is 6.27. The van der Waals surface area contributed by atoms with E-state index >= 15 is 0 Å². The molecule has 0 aromatic rings. The van der Waals surface area contributed by atoms with Crippen molar-refractivity contribution in [1.29, 1.82) is 0 Å². The van der Waals surface area contributed by atoms with E-state index in [1.54, 1.807) is 19.3 Å². The Hall–Kier alpha value is 0. The summed E-state index contributed by atoms with van der Waals surface area (Å²) >= 11 is 0. The van der Waals surface area contributed by atoms with Crippen molar-refractivity contribution in [2.75, 3.05) is 0 Å². The van der Waals surface area contributed by atoms with Gasteiger partial charge >= 0.3 is 0 Å². The minimum Gasteiger partial charge on any atom is -0.0622 e. The van der Waals surface area contributed by atoms with Gasteiger partial charge in [0.25, 0.3) is 0 Å². The smallest absolute Gasteiger partial charge is 0.0386 e. The van der Waals surface area contributed by atoms with Gasteiger partial charge in [-0.3, -0.25) is 0 Å². The molecule has 0 heterocycles. The van der Waals surface area contributed by atoms with E-state index in [4.69, 9.17) is 0 Å². The van der Waals surface area contributed by atoms with E-state index in [1.807, 2.05) is 0 Å². The van der Waals surface area contributed by atoms with Crippen molar-refractivity contribution in [3.63, 3.8) is 0 Å². The van der Waals surface area contributed by atoms with Crippen LogP contribution >= 0.6 is 0 Å². The molecule has 2 aliphatic rings. The summed E-state index contributed by atoms with van der Waals surface area (Å²) in [5, 5.41) is 0. The Kier molecular flexibility index (Phi) is 1.28. The van der Waals surface area contributed by atoms with Crippen LogP contribution in [0, 0.1) is 17.8 Å². The average molecular weight is 124 g/mol. The van der Waals surface area contributed by atoms with Gasteiger partial charge in [0, 0.05) is 0 Å². The summed E-state index contributed by atoms with van der Waals surface area (Å²) < 4.78 is 0. The standard InChI is InChI=1S/C9H16/c1-7-5-8-3-2-4-9(7)6-8/h7-9H,2-6H2,1H3/t7-,8+,9+/m1/s1. The second-order valence-electron chi connectivity index (χ2n) is 4.01. The van der Waals surface area contributed by atoms with E-state index in [0.29, 0.717) is 0 Å². The van der Waals surface area contributed by atoms with Crippen molar-refractivity contribution >= 4 is 0 Å². The molecular formula is C9H16. The van der Waals surface area contributed by atoms with Crippen LogP contribution in [0.25, 0.3) is 0 Å². The quantitative estimate of drug-likeness (QED) is 0.466. The molecule has 2 fully saturated rings. The number of hydrogen-bond acceptors (Lipinski definition) is 0. The highest BCUT2D eigenvalue weighted by molar-refractivity contribution is 4.84. The number of hydrogen-bond donors (Lipinski definition) is 0. The Bertz CT molecular complexity index is 105. The lowest BCUT2D eigenvalue weighted by atomic mass is 9.88. The Morgan fingerprint density at radius 3 is 2.67 bits per heavy atom. The minimum absolute atomic E-state index is 1.07. The van der Waals surface area contributed by atoms with Crippen LogP contribution in [-0.2, 0) is 0 Å². The van der Waals surface area contributed by atoms with Crippen LogP contribution in [0.2, 0.25) is 0 Å². The summed E-state index contributed by atoms with van der Waals surface area (Å²) in [6.07, 6.45) is 7.73.